The molecular weight excluding hydrogens is 423 g/mol. The van der Waals surface area contributed by atoms with Crippen LogP contribution in [0.25, 0.3) is 0 Å². The second-order valence-corrected chi connectivity index (χ2v) is 9.53. The third-order valence-corrected chi connectivity index (χ3v) is 7.72. The molecule has 0 radical (unpaired) electrons. The van der Waals surface area contributed by atoms with E-state index in [2.05, 4.69) is 5.32 Å². The lowest BCUT2D eigenvalue weighted by molar-refractivity contribution is -0.140. The highest BCUT2D eigenvalue weighted by molar-refractivity contribution is 5.79. The zero-order valence-corrected chi connectivity index (χ0v) is 17.9. The van der Waals surface area contributed by atoms with Crippen molar-refractivity contribution in [1.82, 2.24) is 15.1 Å². The van der Waals surface area contributed by atoms with Gasteiger partial charge in [-0.15, -0.1) is 0 Å². The Morgan fingerprint density at radius 2 is 1.69 bits per heavy atom. The number of morpholine rings is 1. The van der Waals surface area contributed by atoms with Gasteiger partial charge in [-0.05, 0) is 61.1 Å². The van der Waals surface area contributed by atoms with Crippen molar-refractivity contribution in [1.29, 1.82) is 0 Å². The molecular formula is C23H28F3N3O3. The van der Waals surface area contributed by atoms with Crippen LogP contribution in [0.4, 0.5) is 18.0 Å². The average Bonchev–Trinajstić information content (AvgIpc) is 3.60. The van der Waals surface area contributed by atoms with Crippen LogP contribution in [0.1, 0.15) is 43.2 Å². The first-order chi connectivity index (χ1) is 15.3. The van der Waals surface area contributed by atoms with Crippen molar-refractivity contribution in [3.63, 3.8) is 0 Å². The van der Waals surface area contributed by atoms with Gasteiger partial charge in [0.25, 0.3) is 0 Å². The van der Waals surface area contributed by atoms with Gasteiger partial charge in [0.15, 0.2) is 0 Å². The number of piperidine rings is 2. The van der Waals surface area contributed by atoms with Crippen molar-refractivity contribution in [2.75, 3.05) is 32.8 Å². The number of halogens is 3. The molecule has 32 heavy (non-hydrogen) atoms. The van der Waals surface area contributed by atoms with Crippen molar-refractivity contribution < 1.29 is 27.5 Å². The lowest BCUT2D eigenvalue weighted by Crippen LogP contribution is -2.62. The highest BCUT2D eigenvalue weighted by Gasteiger charge is 2.51. The monoisotopic (exact) mass is 451 g/mol. The fraction of sp³-hybridized carbons (Fsp3) is 0.652. The molecule has 1 aromatic rings. The molecule has 0 spiro atoms. The van der Waals surface area contributed by atoms with Crippen LogP contribution >= 0.6 is 0 Å². The summed E-state index contributed by atoms with van der Waals surface area (Å²) >= 11 is 0. The Labute approximate surface area is 185 Å². The van der Waals surface area contributed by atoms with Gasteiger partial charge in [-0.1, -0.05) is 12.1 Å². The van der Waals surface area contributed by atoms with Gasteiger partial charge in [-0.2, -0.15) is 13.2 Å². The van der Waals surface area contributed by atoms with Crippen LogP contribution in [0.3, 0.4) is 0 Å². The van der Waals surface area contributed by atoms with Crippen LogP contribution in [0.5, 0.6) is 0 Å². The van der Waals surface area contributed by atoms with Crippen LogP contribution in [-0.2, 0) is 21.1 Å². The Hall–Kier alpha value is -2.29. The topological polar surface area (TPSA) is 61.9 Å². The van der Waals surface area contributed by atoms with Crippen LogP contribution in [0.15, 0.2) is 24.3 Å². The number of hydrogen-bond donors (Lipinski definition) is 1. The van der Waals surface area contributed by atoms with E-state index in [4.69, 9.17) is 4.74 Å². The number of urea groups is 1. The van der Waals surface area contributed by atoms with Gasteiger partial charge < -0.3 is 19.9 Å². The number of carbonyl (C=O) groups excluding carboxylic acids is 2. The van der Waals surface area contributed by atoms with Crippen molar-refractivity contribution in [2.45, 2.75) is 55.8 Å². The Kier molecular flexibility index (Phi) is 5.34. The summed E-state index contributed by atoms with van der Waals surface area (Å²) in [6.45, 7) is 2.47. The van der Waals surface area contributed by atoms with Crippen molar-refractivity contribution >= 4 is 11.9 Å². The third-order valence-electron chi connectivity index (χ3n) is 7.72. The van der Waals surface area contributed by atoms with Crippen molar-refractivity contribution in [3.05, 3.63) is 35.4 Å². The van der Waals surface area contributed by atoms with E-state index in [1.165, 1.54) is 12.1 Å². The highest BCUT2D eigenvalue weighted by atomic mass is 19.4. The zero-order valence-electron chi connectivity index (χ0n) is 17.9. The number of ether oxygens (including phenoxy) is 1. The summed E-state index contributed by atoms with van der Waals surface area (Å²) in [6, 6.07) is 5.49. The van der Waals surface area contributed by atoms with E-state index in [0.717, 1.165) is 31.2 Å². The first kappa shape index (κ1) is 21.6. The fourth-order valence-electron chi connectivity index (χ4n) is 5.76. The lowest BCUT2D eigenvalue weighted by Gasteiger charge is -2.44. The number of fused-ring (bicyclic) bond motifs is 1. The van der Waals surface area contributed by atoms with Gasteiger partial charge in [0, 0.05) is 26.2 Å². The van der Waals surface area contributed by atoms with Gasteiger partial charge in [-0.25, -0.2) is 4.79 Å². The Bertz CT molecular complexity index is 877. The molecule has 174 valence electrons. The van der Waals surface area contributed by atoms with Crippen molar-refractivity contribution in [2.24, 2.45) is 5.92 Å². The van der Waals surface area contributed by atoms with Gasteiger partial charge in [0.05, 0.1) is 17.7 Å². The standard InChI is InChI=1S/C23H28F3N3O3/c24-23(25,26)17-3-1-15(2-4-17)22(8-9-22)16-5-10-28(11-6-16)21(31)29-12-7-19-18(13-29)27-20(30)14-32-19/h1-4,16,18-19H,5-14H2,(H,27,30)/t18-,19+/m1/s1. The van der Waals surface area contributed by atoms with Crippen LogP contribution in [-0.4, -0.2) is 66.7 Å². The van der Waals surface area contributed by atoms with E-state index in [1.807, 2.05) is 4.90 Å². The van der Waals surface area contributed by atoms with Crippen molar-refractivity contribution in [3.8, 4) is 0 Å². The zero-order chi connectivity index (χ0) is 22.5. The molecule has 3 saturated heterocycles. The fourth-order valence-corrected chi connectivity index (χ4v) is 5.76. The number of benzene rings is 1. The number of rotatable bonds is 2. The number of likely N-dealkylation sites (tertiary alicyclic amines) is 2. The van der Waals surface area contributed by atoms with Crippen LogP contribution in [0, 0.1) is 5.92 Å². The SMILES string of the molecule is O=C1CO[C@H]2CCN(C(=O)N3CCC(C4(c5ccc(C(F)(F)F)cc5)CC4)CC3)C[C@H]2N1. The molecule has 5 rings (SSSR count). The summed E-state index contributed by atoms with van der Waals surface area (Å²) in [5.41, 5.74) is 0.340. The minimum absolute atomic E-state index is 0.00102. The molecule has 0 bridgehead atoms. The number of alkyl halides is 3. The molecule has 9 heteroatoms. The number of nitrogens with one attached hydrogen (secondary N) is 1. The molecule has 3 aliphatic heterocycles. The lowest BCUT2D eigenvalue weighted by atomic mass is 9.77. The summed E-state index contributed by atoms with van der Waals surface area (Å²) in [5, 5.41) is 2.93. The minimum atomic E-state index is -4.32. The first-order valence-electron chi connectivity index (χ1n) is 11.4. The van der Waals surface area contributed by atoms with Gasteiger partial charge in [0.1, 0.15) is 6.61 Å². The number of carbonyl (C=O) groups is 2. The van der Waals surface area contributed by atoms with E-state index in [1.54, 1.807) is 17.0 Å². The molecule has 4 aliphatic rings. The molecule has 1 saturated carbocycles. The molecule has 2 atom stereocenters. The second-order valence-electron chi connectivity index (χ2n) is 9.53. The smallest absolute Gasteiger partial charge is 0.366 e. The number of nitrogens with zero attached hydrogens (tertiary/aromatic N) is 2. The predicted octanol–water partition coefficient (Wildman–Crippen LogP) is 3.16. The summed E-state index contributed by atoms with van der Waals surface area (Å²) in [4.78, 5) is 28.4. The normalized spacial score (nSPS) is 28.2. The van der Waals surface area contributed by atoms with E-state index in [-0.39, 0.29) is 36.1 Å². The van der Waals surface area contributed by atoms with E-state index >= 15 is 0 Å². The minimum Gasteiger partial charge on any atom is -0.366 e. The Balaban J connectivity index is 1.18. The van der Waals surface area contributed by atoms with Crippen LogP contribution < -0.4 is 5.32 Å². The summed E-state index contributed by atoms with van der Waals surface area (Å²) < 4.78 is 44.3. The summed E-state index contributed by atoms with van der Waals surface area (Å²) in [6.07, 6.45) is 0.0593. The average molecular weight is 451 g/mol. The number of hydrogen-bond acceptors (Lipinski definition) is 3. The van der Waals surface area contributed by atoms with E-state index in [0.29, 0.717) is 38.5 Å². The molecule has 1 aromatic carbocycles. The number of amides is 3. The van der Waals surface area contributed by atoms with Gasteiger partial charge >= 0.3 is 12.2 Å². The highest BCUT2D eigenvalue weighted by Crippen LogP contribution is 2.57. The molecule has 3 amide bonds. The maximum Gasteiger partial charge on any atom is 0.416 e. The molecule has 0 unspecified atom stereocenters. The maximum absolute atomic E-state index is 13.1. The molecule has 3 heterocycles. The molecule has 4 fully saturated rings. The molecule has 1 N–H and O–H groups in total. The Morgan fingerprint density at radius 1 is 1.03 bits per heavy atom. The van der Waals surface area contributed by atoms with E-state index < -0.39 is 11.7 Å². The second kappa shape index (κ2) is 7.93. The van der Waals surface area contributed by atoms with E-state index in [9.17, 15) is 22.8 Å². The summed E-state index contributed by atoms with van der Waals surface area (Å²) in [5.74, 6) is 0.236. The predicted molar refractivity (Wildman–Crippen MR) is 110 cm³/mol. The Morgan fingerprint density at radius 3 is 2.31 bits per heavy atom. The largest absolute Gasteiger partial charge is 0.416 e. The quantitative estimate of drug-likeness (QED) is 0.752. The van der Waals surface area contributed by atoms with Gasteiger partial charge in [0.2, 0.25) is 5.91 Å². The molecule has 1 aliphatic carbocycles. The third kappa shape index (κ3) is 3.95. The van der Waals surface area contributed by atoms with Gasteiger partial charge in [-0.3, -0.25) is 4.79 Å². The first-order valence-corrected chi connectivity index (χ1v) is 11.4. The maximum atomic E-state index is 13.1. The molecule has 0 aromatic heterocycles. The summed E-state index contributed by atoms with van der Waals surface area (Å²) in [7, 11) is 0. The van der Waals surface area contributed by atoms with Crippen LogP contribution in [0.2, 0.25) is 0 Å². The molecule has 6 nitrogen and oxygen atoms in total.